The van der Waals surface area contributed by atoms with Crippen LogP contribution in [-0.2, 0) is 0 Å². The number of anilines is 2. The fourth-order valence-corrected chi connectivity index (χ4v) is 2.24. The van der Waals surface area contributed by atoms with Crippen molar-refractivity contribution in [3.05, 3.63) is 50.8 Å². The summed E-state index contributed by atoms with van der Waals surface area (Å²) in [6, 6.07) is 6.08. The molecule has 0 bridgehead atoms. The van der Waals surface area contributed by atoms with Gasteiger partial charge in [0.1, 0.15) is 17.3 Å². The number of carbonyl (C=O) groups excluding carboxylic acids is 1. The molecule has 1 heterocycles. The highest BCUT2D eigenvalue weighted by atomic mass is 79.9. The third-order valence-electron chi connectivity index (χ3n) is 2.83. The average molecular weight is 373 g/mol. The lowest BCUT2D eigenvalue weighted by molar-refractivity contribution is 0.102. The Bertz CT molecular complexity index is 709. The summed E-state index contributed by atoms with van der Waals surface area (Å²) in [6.07, 6.45) is 0. The zero-order valence-electron chi connectivity index (χ0n) is 11.3. The second kappa shape index (κ2) is 6.41. The number of nitrogens with one attached hydrogen (secondary N) is 2. The summed E-state index contributed by atoms with van der Waals surface area (Å²) in [6.45, 7) is 1.70. The number of hydrogen-bond acceptors (Lipinski definition) is 3. The monoisotopic (exact) mass is 371 g/mol. The quantitative estimate of drug-likeness (QED) is 0.847. The topological polar surface area (TPSA) is 54.0 Å². The summed E-state index contributed by atoms with van der Waals surface area (Å²) >= 11 is 9.08. The summed E-state index contributed by atoms with van der Waals surface area (Å²) in [5.74, 6) is -0.320. The van der Waals surface area contributed by atoms with E-state index >= 15 is 0 Å². The molecule has 0 fully saturated rings. The number of nitrogens with zero attached hydrogens (tertiary/aromatic N) is 1. The van der Waals surface area contributed by atoms with Crippen molar-refractivity contribution in [1.82, 2.24) is 4.98 Å². The van der Waals surface area contributed by atoms with Gasteiger partial charge in [-0.15, -0.1) is 0 Å². The molecule has 2 aromatic rings. The summed E-state index contributed by atoms with van der Waals surface area (Å²) in [5, 5.41) is 5.75. The van der Waals surface area contributed by atoms with E-state index in [9.17, 15) is 9.18 Å². The molecular weight excluding hydrogens is 361 g/mol. The van der Waals surface area contributed by atoms with Crippen molar-refractivity contribution in [1.29, 1.82) is 0 Å². The van der Waals surface area contributed by atoms with Crippen molar-refractivity contribution in [3.63, 3.8) is 0 Å². The van der Waals surface area contributed by atoms with Crippen LogP contribution in [0.5, 0.6) is 0 Å². The predicted octanol–water partition coefficient (Wildman–Crippen LogP) is 4.24. The summed E-state index contributed by atoms with van der Waals surface area (Å²) in [7, 11) is 1.69. The Morgan fingerprint density at radius 1 is 1.38 bits per heavy atom. The third-order valence-corrected chi connectivity index (χ3v) is 3.75. The number of hydrogen-bond donors (Lipinski definition) is 2. The minimum atomic E-state index is -0.460. The van der Waals surface area contributed by atoms with Gasteiger partial charge in [0.2, 0.25) is 0 Å². The second-order valence-electron chi connectivity index (χ2n) is 4.31. The van der Waals surface area contributed by atoms with Gasteiger partial charge in [-0.3, -0.25) is 4.79 Å². The molecule has 1 aromatic carbocycles. The summed E-state index contributed by atoms with van der Waals surface area (Å²) < 4.78 is 13.7. The van der Waals surface area contributed by atoms with Crippen LogP contribution >= 0.6 is 27.5 Å². The molecule has 1 amide bonds. The number of benzene rings is 1. The first kappa shape index (κ1) is 15.7. The smallest absolute Gasteiger partial charge is 0.275 e. The number of carbonyl (C=O) groups is 1. The van der Waals surface area contributed by atoms with Gasteiger partial charge >= 0.3 is 0 Å². The molecule has 2 N–H and O–H groups in total. The van der Waals surface area contributed by atoms with Crippen molar-refractivity contribution in [2.45, 2.75) is 6.92 Å². The molecule has 110 valence electrons. The summed E-state index contributed by atoms with van der Waals surface area (Å²) in [4.78, 5) is 16.4. The molecule has 0 saturated carbocycles. The van der Waals surface area contributed by atoms with Gasteiger partial charge in [0.25, 0.3) is 5.91 Å². The lowest BCUT2D eigenvalue weighted by Crippen LogP contribution is -2.16. The van der Waals surface area contributed by atoms with Gasteiger partial charge in [-0.2, -0.15) is 0 Å². The van der Waals surface area contributed by atoms with Crippen LogP contribution in [0.15, 0.2) is 28.7 Å². The SMILES string of the molecule is CNc1ccc(Cl)c(C(=O)Nc2cc(Br)c(F)cc2C)n1. The van der Waals surface area contributed by atoms with Crippen LogP contribution in [0.3, 0.4) is 0 Å². The third kappa shape index (κ3) is 3.51. The van der Waals surface area contributed by atoms with Gasteiger partial charge in [-0.05, 0) is 52.7 Å². The van der Waals surface area contributed by atoms with Gasteiger partial charge in [-0.25, -0.2) is 9.37 Å². The Morgan fingerprint density at radius 2 is 2.10 bits per heavy atom. The molecule has 0 unspecified atom stereocenters. The van der Waals surface area contributed by atoms with Gasteiger partial charge in [-0.1, -0.05) is 11.6 Å². The Hall–Kier alpha value is -1.66. The standard InChI is InChI=1S/C14H12BrClFN3O/c1-7-5-10(17)8(15)6-11(7)19-14(21)13-9(16)3-4-12(18-2)20-13/h3-6H,1-2H3,(H,18,20)(H,19,21). The van der Waals surface area contributed by atoms with Crippen molar-refractivity contribution < 1.29 is 9.18 Å². The van der Waals surface area contributed by atoms with Crippen molar-refractivity contribution >= 4 is 44.9 Å². The molecule has 7 heteroatoms. The number of halogens is 3. The lowest BCUT2D eigenvalue weighted by atomic mass is 10.2. The van der Waals surface area contributed by atoms with Crippen LogP contribution in [0.2, 0.25) is 5.02 Å². The zero-order chi connectivity index (χ0) is 15.6. The van der Waals surface area contributed by atoms with E-state index in [4.69, 9.17) is 11.6 Å². The number of aryl methyl sites for hydroxylation is 1. The van der Waals surface area contributed by atoms with Crippen molar-refractivity contribution in [2.24, 2.45) is 0 Å². The van der Waals surface area contributed by atoms with E-state index in [2.05, 4.69) is 31.5 Å². The van der Waals surface area contributed by atoms with E-state index in [-0.39, 0.29) is 21.0 Å². The fraction of sp³-hybridized carbons (Fsp3) is 0.143. The first-order valence-corrected chi connectivity index (χ1v) is 7.20. The predicted molar refractivity (Wildman–Crippen MR) is 85.6 cm³/mol. The highest BCUT2D eigenvalue weighted by Gasteiger charge is 2.15. The fourth-order valence-electron chi connectivity index (χ4n) is 1.70. The van der Waals surface area contributed by atoms with Crippen LogP contribution in [0.1, 0.15) is 16.1 Å². The molecule has 2 rings (SSSR count). The molecule has 21 heavy (non-hydrogen) atoms. The number of amides is 1. The summed E-state index contributed by atoms with van der Waals surface area (Å²) in [5.41, 5.74) is 1.19. The maximum atomic E-state index is 13.4. The van der Waals surface area contributed by atoms with E-state index in [0.29, 0.717) is 17.1 Å². The minimum Gasteiger partial charge on any atom is -0.373 e. The van der Waals surface area contributed by atoms with E-state index in [0.717, 1.165) is 0 Å². The van der Waals surface area contributed by atoms with Crippen LogP contribution < -0.4 is 10.6 Å². The van der Waals surface area contributed by atoms with Gasteiger partial charge in [0.15, 0.2) is 0 Å². The van der Waals surface area contributed by atoms with Gasteiger partial charge < -0.3 is 10.6 Å². The lowest BCUT2D eigenvalue weighted by Gasteiger charge is -2.11. The molecular formula is C14H12BrClFN3O. The number of rotatable bonds is 3. The van der Waals surface area contributed by atoms with E-state index in [1.165, 1.54) is 12.1 Å². The van der Waals surface area contributed by atoms with Crippen molar-refractivity contribution in [2.75, 3.05) is 17.7 Å². The zero-order valence-corrected chi connectivity index (χ0v) is 13.6. The second-order valence-corrected chi connectivity index (χ2v) is 5.57. The average Bonchev–Trinajstić information content (AvgIpc) is 2.45. The Kier molecular flexibility index (Phi) is 4.80. The number of aromatic nitrogens is 1. The molecule has 0 atom stereocenters. The molecule has 1 aromatic heterocycles. The maximum absolute atomic E-state index is 13.4. The molecule has 0 aliphatic rings. The first-order chi connectivity index (χ1) is 9.92. The molecule has 0 aliphatic heterocycles. The van der Waals surface area contributed by atoms with Crippen LogP contribution in [0, 0.1) is 12.7 Å². The molecule has 0 spiro atoms. The Labute approximate surface area is 134 Å². The Balaban J connectivity index is 2.32. The van der Waals surface area contributed by atoms with Gasteiger partial charge in [0.05, 0.1) is 9.50 Å². The van der Waals surface area contributed by atoms with Crippen LogP contribution in [-0.4, -0.2) is 17.9 Å². The van der Waals surface area contributed by atoms with E-state index in [1.54, 1.807) is 26.1 Å². The van der Waals surface area contributed by atoms with Crippen LogP contribution in [0.4, 0.5) is 15.9 Å². The number of pyridine rings is 1. The van der Waals surface area contributed by atoms with Crippen molar-refractivity contribution in [3.8, 4) is 0 Å². The largest absolute Gasteiger partial charge is 0.373 e. The van der Waals surface area contributed by atoms with Crippen LogP contribution in [0.25, 0.3) is 0 Å². The molecule has 0 aliphatic carbocycles. The molecule has 0 saturated heterocycles. The minimum absolute atomic E-state index is 0.100. The van der Waals surface area contributed by atoms with Gasteiger partial charge in [0, 0.05) is 12.7 Å². The first-order valence-electron chi connectivity index (χ1n) is 6.03. The highest BCUT2D eigenvalue weighted by molar-refractivity contribution is 9.10. The maximum Gasteiger partial charge on any atom is 0.275 e. The highest BCUT2D eigenvalue weighted by Crippen LogP contribution is 2.25. The molecule has 0 radical (unpaired) electrons. The molecule has 4 nitrogen and oxygen atoms in total. The Morgan fingerprint density at radius 3 is 2.76 bits per heavy atom. The van der Waals surface area contributed by atoms with E-state index < -0.39 is 5.91 Å². The van der Waals surface area contributed by atoms with E-state index in [1.807, 2.05) is 0 Å². The normalized spacial score (nSPS) is 10.3.